The molecule has 1 N–H and O–H groups in total. The Morgan fingerprint density at radius 2 is 1.79 bits per heavy atom. The van der Waals surface area contributed by atoms with Crippen LogP contribution in [-0.2, 0) is 22.6 Å². The zero-order chi connectivity index (χ0) is 24.5. The fourth-order valence-electron chi connectivity index (χ4n) is 4.53. The first-order chi connectivity index (χ1) is 16.5. The summed E-state index contributed by atoms with van der Waals surface area (Å²) in [4.78, 5) is 28.4. The predicted molar refractivity (Wildman–Crippen MR) is 134 cm³/mol. The largest absolute Gasteiger partial charge is 0.493 e. The number of amides is 2. The topological polar surface area (TPSA) is 67.9 Å². The summed E-state index contributed by atoms with van der Waals surface area (Å²) >= 11 is 6.41. The first kappa shape index (κ1) is 25.9. The van der Waals surface area contributed by atoms with E-state index in [4.69, 9.17) is 21.1 Å². The van der Waals surface area contributed by atoms with Crippen molar-refractivity contribution in [1.29, 1.82) is 0 Å². The van der Waals surface area contributed by atoms with Crippen LogP contribution in [0.25, 0.3) is 0 Å². The van der Waals surface area contributed by atoms with Gasteiger partial charge in [0.05, 0.1) is 14.2 Å². The van der Waals surface area contributed by atoms with Gasteiger partial charge in [-0.2, -0.15) is 0 Å². The molecule has 1 aliphatic carbocycles. The van der Waals surface area contributed by atoms with Crippen molar-refractivity contribution in [2.75, 3.05) is 14.2 Å². The molecule has 0 aliphatic heterocycles. The van der Waals surface area contributed by atoms with Crippen molar-refractivity contribution < 1.29 is 19.1 Å². The molecule has 2 aromatic rings. The molecule has 3 rings (SSSR count). The van der Waals surface area contributed by atoms with E-state index in [0.717, 1.165) is 36.8 Å². The molecule has 0 spiro atoms. The number of rotatable bonds is 11. The maximum absolute atomic E-state index is 13.5. The highest BCUT2D eigenvalue weighted by Gasteiger charge is 2.30. The summed E-state index contributed by atoms with van der Waals surface area (Å²) in [6, 6.07) is 12.8. The summed E-state index contributed by atoms with van der Waals surface area (Å²) in [6.45, 7) is 2.24. The Labute approximate surface area is 207 Å². The van der Waals surface area contributed by atoms with Crippen LogP contribution in [0.1, 0.15) is 56.6 Å². The molecule has 1 saturated carbocycles. The van der Waals surface area contributed by atoms with E-state index >= 15 is 0 Å². The van der Waals surface area contributed by atoms with Gasteiger partial charge in [0, 0.05) is 24.0 Å². The van der Waals surface area contributed by atoms with Gasteiger partial charge >= 0.3 is 0 Å². The van der Waals surface area contributed by atoms with Crippen molar-refractivity contribution in [3.05, 3.63) is 58.6 Å². The number of nitrogens with zero attached hydrogens (tertiary/aromatic N) is 1. The molecular formula is C27H35ClN2O4. The van der Waals surface area contributed by atoms with Crippen molar-refractivity contribution in [3.63, 3.8) is 0 Å². The van der Waals surface area contributed by atoms with Gasteiger partial charge in [-0.3, -0.25) is 9.59 Å². The van der Waals surface area contributed by atoms with Crippen LogP contribution in [-0.4, -0.2) is 43.0 Å². The highest BCUT2D eigenvalue weighted by molar-refractivity contribution is 6.31. The summed E-state index contributed by atoms with van der Waals surface area (Å²) in [7, 11) is 3.18. The molecule has 0 bridgehead atoms. The van der Waals surface area contributed by atoms with E-state index in [1.165, 1.54) is 0 Å². The fourth-order valence-corrected chi connectivity index (χ4v) is 4.72. The normalized spacial score (nSPS) is 14.5. The number of aryl methyl sites for hydroxylation is 1. The highest BCUT2D eigenvalue weighted by atomic mass is 35.5. The second-order valence-electron chi connectivity index (χ2n) is 8.72. The van der Waals surface area contributed by atoms with Crippen LogP contribution in [0.15, 0.2) is 42.5 Å². The summed E-state index contributed by atoms with van der Waals surface area (Å²) in [5.74, 6) is 1.11. The highest BCUT2D eigenvalue weighted by Crippen LogP contribution is 2.28. The minimum absolute atomic E-state index is 0.0804. The van der Waals surface area contributed by atoms with Crippen LogP contribution in [0.4, 0.5) is 0 Å². The number of halogens is 1. The Morgan fingerprint density at radius 1 is 1.09 bits per heavy atom. The standard InChI is InChI=1S/C27H35ClN2O4/c1-4-23(27(32)29-21-10-6-7-11-21)30(18-20-9-5-8-12-22(20)28)26(31)16-14-19-13-15-24(33-2)25(17-19)34-3/h5,8-9,12-13,15,17,21,23H,4,6-7,10-11,14,16,18H2,1-3H3,(H,29,32). The number of ether oxygens (including phenoxy) is 2. The van der Waals surface area contributed by atoms with E-state index in [1.807, 2.05) is 49.4 Å². The fraction of sp³-hybridized carbons (Fsp3) is 0.481. The summed E-state index contributed by atoms with van der Waals surface area (Å²) in [6.07, 6.45) is 5.60. The molecule has 6 nitrogen and oxygen atoms in total. The van der Waals surface area contributed by atoms with Crippen molar-refractivity contribution in [3.8, 4) is 11.5 Å². The van der Waals surface area contributed by atoms with E-state index in [0.29, 0.717) is 35.9 Å². The Morgan fingerprint density at radius 3 is 2.44 bits per heavy atom. The second-order valence-corrected chi connectivity index (χ2v) is 9.12. The van der Waals surface area contributed by atoms with Gasteiger partial charge in [-0.15, -0.1) is 0 Å². The lowest BCUT2D eigenvalue weighted by atomic mass is 10.0. The van der Waals surface area contributed by atoms with Gasteiger partial charge in [-0.1, -0.05) is 55.6 Å². The van der Waals surface area contributed by atoms with E-state index < -0.39 is 6.04 Å². The molecular weight excluding hydrogens is 452 g/mol. The quantitative estimate of drug-likeness (QED) is 0.476. The summed E-state index contributed by atoms with van der Waals surface area (Å²) in [5, 5.41) is 3.76. The smallest absolute Gasteiger partial charge is 0.243 e. The average Bonchev–Trinajstić information content (AvgIpc) is 3.36. The lowest BCUT2D eigenvalue weighted by Gasteiger charge is -2.32. The maximum atomic E-state index is 13.5. The van der Waals surface area contributed by atoms with Gasteiger partial charge in [0.25, 0.3) is 0 Å². The molecule has 1 fully saturated rings. The average molecular weight is 487 g/mol. The lowest BCUT2D eigenvalue weighted by Crippen LogP contribution is -2.51. The molecule has 1 aliphatic rings. The van der Waals surface area contributed by atoms with Crippen LogP contribution in [0, 0.1) is 0 Å². The number of carbonyl (C=O) groups excluding carboxylic acids is 2. The van der Waals surface area contributed by atoms with Crippen LogP contribution in [0.3, 0.4) is 0 Å². The maximum Gasteiger partial charge on any atom is 0.243 e. The monoisotopic (exact) mass is 486 g/mol. The first-order valence-corrected chi connectivity index (χ1v) is 12.4. The van der Waals surface area contributed by atoms with Gasteiger partial charge in [0.15, 0.2) is 11.5 Å². The van der Waals surface area contributed by atoms with Crippen molar-refractivity contribution >= 4 is 23.4 Å². The van der Waals surface area contributed by atoms with E-state index in [9.17, 15) is 9.59 Å². The van der Waals surface area contributed by atoms with Gasteiger partial charge in [0.2, 0.25) is 11.8 Å². The van der Waals surface area contributed by atoms with Crippen LogP contribution in [0.5, 0.6) is 11.5 Å². The number of hydrogen-bond acceptors (Lipinski definition) is 4. The van der Waals surface area contributed by atoms with Crippen molar-refractivity contribution in [2.45, 2.75) is 70.5 Å². The Bertz CT molecular complexity index is 975. The minimum atomic E-state index is -0.547. The molecule has 0 radical (unpaired) electrons. The van der Waals surface area contributed by atoms with Gasteiger partial charge < -0.3 is 19.7 Å². The molecule has 0 aromatic heterocycles. The van der Waals surface area contributed by atoms with E-state index in [-0.39, 0.29) is 24.3 Å². The molecule has 184 valence electrons. The number of benzene rings is 2. The van der Waals surface area contributed by atoms with Crippen LogP contribution in [0.2, 0.25) is 5.02 Å². The SMILES string of the molecule is CCC(C(=O)NC1CCCC1)N(Cc1ccccc1Cl)C(=O)CCc1ccc(OC)c(OC)c1. The number of hydrogen-bond donors (Lipinski definition) is 1. The molecule has 2 amide bonds. The molecule has 34 heavy (non-hydrogen) atoms. The van der Waals surface area contributed by atoms with Gasteiger partial charge in [-0.25, -0.2) is 0 Å². The first-order valence-electron chi connectivity index (χ1n) is 12.0. The zero-order valence-electron chi connectivity index (χ0n) is 20.3. The predicted octanol–water partition coefficient (Wildman–Crippen LogP) is 5.16. The molecule has 2 aromatic carbocycles. The molecule has 0 saturated heterocycles. The minimum Gasteiger partial charge on any atom is -0.493 e. The van der Waals surface area contributed by atoms with E-state index in [1.54, 1.807) is 19.1 Å². The van der Waals surface area contributed by atoms with Crippen molar-refractivity contribution in [1.82, 2.24) is 10.2 Å². The molecule has 1 atom stereocenters. The Hall–Kier alpha value is -2.73. The summed E-state index contributed by atoms with van der Waals surface area (Å²) in [5.41, 5.74) is 1.79. The third-order valence-corrected chi connectivity index (χ3v) is 6.83. The molecule has 1 unspecified atom stereocenters. The second kappa shape index (κ2) is 12.7. The summed E-state index contributed by atoms with van der Waals surface area (Å²) < 4.78 is 10.7. The molecule has 0 heterocycles. The third-order valence-electron chi connectivity index (χ3n) is 6.46. The van der Waals surface area contributed by atoms with Crippen molar-refractivity contribution in [2.24, 2.45) is 0 Å². The lowest BCUT2D eigenvalue weighted by molar-refractivity contribution is -0.141. The van der Waals surface area contributed by atoms with Crippen LogP contribution < -0.4 is 14.8 Å². The number of carbonyl (C=O) groups is 2. The van der Waals surface area contributed by atoms with Crippen LogP contribution >= 0.6 is 11.6 Å². The number of nitrogens with one attached hydrogen (secondary N) is 1. The zero-order valence-corrected chi connectivity index (χ0v) is 21.1. The Balaban J connectivity index is 1.78. The van der Waals surface area contributed by atoms with Gasteiger partial charge in [0.1, 0.15) is 6.04 Å². The Kier molecular flexibility index (Phi) is 9.63. The molecule has 7 heteroatoms. The number of methoxy groups -OCH3 is 2. The van der Waals surface area contributed by atoms with Gasteiger partial charge in [-0.05, 0) is 55.0 Å². The third kappa shape index (κ3) is 6.66. The van der Waals surface area contributed by atoms with E-state index in [2.05, 4.69) is 5.32 Å².